The van der Waals surface area contributed by atoms with E-state index in [0.717, 1.165) is 25.9 Å². The van der Waals surface area contributed by atoms with Crippen LogP contribution in [0.2, 0.25) is 0 Å². The van der Waals surface area contributed by atoms with E-state index in [1.807, 2.05) is 4.90 Å². The normalized spacial score (nSPS) is 23.8. The van der Waals surface area contributed by atoms with Crippen molar-refractivity contribution in [3.8, 4) is 0 Å². The van der Waals surface area contributed by atoms with Gasteiger partial charge in [-0.05, 0) is 32.9 Å². The van der Waals surface area contributed by atoms with Gasteiger partial charge in [-0.3, -0.25) is 4.90 Å². The van der Waals surface area contributed by atoms with Crippen molar-refractivity contribution in [3.05, 3.63) is 0 Å². The molecule has 0 saturated carbocycles. The molecule has 4 heteroatoms. The Kier molecular flexibility index (Phi) is 2.69. The van der Waals surface area contributed by atoms with E-state index in [2.05, 4.69) is 0 Å². The van der Waals surface area contributed by atoms with Crippen LogP contribution in [0.15, 0.2) is 0 Å². The topological polar surface area (TPSA) is 60.8 Å². The minimum absolute atomic E-state index is 0.238. The Morgan fingerprint density at radius 2 is 2.00 bits per heavy atom. The van der Waals surface area contributed by atoms with Crippen LogP contribution < -0.4 is 0 Å². The lowest BCUT2D eigenvalue weighted by Crippen LogP contribution is -2.45. The number of likely N-dealkylation sites (tertiary alicyclic amines) is 1. The zero-order valence-corrected chi connectivity index (χ0v) is 7.29. The fourth-order valence-corrected chi connectivity index (χ4v) is 1.44. The number of carboxylic acid groups (broad SMARTS) is 1. The van der Waals surface area contributed by atoms with Gasteiger partial charge in [-0.1, -0.05) is 0 Å². The summed E-state index contributed by atoms with van der Waals surface area (Å²) in [5.74, 6) is -1.14. The van der Waals surface area contributed by atoms with Gasteiger partial charge in [0.1, 0.15) is 0 Å². The highest BCUT2D eigenvalue weighted by Crippen LogP contribution is 2.13. The highest BCUT2D eigenvalue weighted by Gasteiger charge is 2.32. The molecule has 1 aliphatic rings. The van der Waals surface area contributed by atoms with Gasteiger partial charge in [0.25, 0.3) is 0 Å². The lowest BCUT2D eigenvalue weighted by Gasteiger charge is -2.24. The van der Waals surface area contributed by atoms with E-state index in [4.69, 9.17) is 5.11 Å². The van der Waals surface area contributed by atoms with Crippen LogP contribution in [0.25, 0.3) is 0 Å². The predicted molar refractivity (Wildman–Crippen MR) is 43.9 cm³/mol. The molecule has 1 rings (SSSR count). The maximum Gasteiger partial charge on any atom is 0.336 e. The third kappa shape index (κ3) is 2.19. The Balaban J connectivity index is 2.42. The summed E-state index contributed by atoms with van der Waals surface area (Å²) in [6.45, 7) is 3.39. The molecular formula is C8H15NO3. The first-order chi connectivity index (χ1) is 5.52. The first-order valence-corrected chi connectivity index (χ1v) is 4.20. The van der Waals surface area contributed by atoms with Crippen LogP contribution >= 0.6 is 0 Å². The molecule has 0 aromatic rings. The molecule has 1 unspecified atom stereocenters. The van der Waals surface area contributed by atoms with Crippen molar-refractivity contribution in [1.29, 1.82) is 0 Å². The predicted octanol–water partition coefficient (Wildman–Crippen LogP) is -0.0822. The standard InChI is InChI=1S/C8H15NO3/c1-8(12,7(10)11)6-9-4-2-3-5-9/h12H,2-6H2,1H3,(H,10,11). The lowest BCUT2D eigenvalue weighted by atomic mass is 10.1. The van der Waals surface area contributed by atoms with Crippen LogP contribution in [-0.4, -0.2) is 46.3 Å². The molecule has 1 fully saturated rings. The molecule has 2 N–H and O–H groups in total. The second-order valence-electron chi connectivity index (χ2n) is 3.56. The molecule has 0 aromatic heterocycles. The van der Waals surface area contributed by atoms with Gasteiger partial charge in [0, 0.05) is 6.54 Å². The lowest BCUT2D eigenvalue weighted by molar-refractivity contribution is -0.158. The Hall–Kier alpha value is -0.610. The van der Waals surface area contributed by atoms with E-state index in [9.17, 15) is 9.90 Å². The van der Waals surface area contributed by atoms with Crippen molar-refractivity contribution in [2.75, 3.05) is 19.6 Å². The third-order valence-electron chi connectivity index (χ3n) is 2.19. The second kappa shape index (κ2) is 3.41. The van der Waals surface area contributed by atoms with Gasteiger partial charge in [-0.15, -0.1) is 0 Å². The Morgan fingerprint density at radius 3 is 2.42 bits per heavy atom. The van der Waals surface area contributed by atoms with Gasteiger partial charge in [0.15, 0.2) is 5.60 Å². The molecule has 1 aliphatic heterocycles. The average Bonchev–Trinajstić information content (AvgIpc) is 2.38. The van der Waals surface area contributed by atoms with E-state index in [0.29, 0.717) is 0 Å². The monoisotopic (exact) mass is 173 g/mol. The number of nitrogens with zero attached hydrogens (tertiary/aromatic N) is 1. The minimum Gasteiger partial charge on any atom is -0.479 e. The Morgan fingerprint density at radius 1 is 1.50 bits per heavy atom. The number of carbonyl (C=O) groups is 1. The van der Waals surface area contributed by atoms with Gasteiger partial charge >= 0.3 is 5.97 Å². The minimum atomic E-state index is -1.59. The fourth-order valence-electron chi connectivity index (χ4n) is 1.44. The summed E-state index contributed by atoms with van der Waals surface area (Å²) in [6, 6.07) is 0. The average molecular weight is 173 g/mol. The molecular weight excluding hydrogens is 158 g/mol. The number of β-amino-alcohol motifs (C(OH)–C–C–N with tert-alkyl or cyclic N) is 1. The molecule has 0 spiro atoms. The summed E-state index contributed by atoms with van der Waals surface area (Å²) in [6.07, 6.45) is 2.21. The number of carboxylic acids is 1. The number of aliphatic hydroxyl groups is 1. The van der Waals surface area contributed by atoms with Crippen LogP contribution in [0.1, 0.15) is 19.8 Å². The van der Waals surface area contributed by atoms with Crippen LogP contribution in [0.5, 0.6) is 0 Å². The van der Waals surface area contributed by atoms with Gasteiger partial charge in [0.2, 0.25) is 0 Å². The van der Waals surface area contributed by atoms with Crippen molar-refractivity contribution in [2.24, 2.45) is 0 Å². The van der Waals surface area contributed by atoms with Crippen LogP contribution in [-0.2, 0) is 4.79 Å². The summed E-state index contributed by atoms with van der Waals surface area (Å²) in [5, 5.41) is 18.0. The third-order valence-corrected chi connectivity index (χ3v) is 2.19. The van der Waals surface area contributed by atoms with Crippen LogP contribution in [0, 0.1) is 0 Å². The summed E-state index contributed by atoms with van der Waals surface area (Å²) < 4.78 is 0. The molecule has 4 nitrogen and oxygen atoms in total. The van der Waals surface area contributed by atoms with Crippen molar-refractivity contribution >= 4 is 5.97 Å². The Bertz CT molecular complexity index is 173. The first kappa shape index (κ1) is 9.48. The van der Waals surface area contributed by atoms with Crippen molar-refractivity contribution < 1.29 is 15.0 Å². The van der Waals surface area contributed by atoms with Gasteiger partial charge < -0.3 is 10.2 Å². The zero-order valence-electron chi connectivity index (χ0n) is 7.29. The molecule has 0 aromatic carbocycles. The maximum atomic E-state index is 10.5. The number of hydrogen-bond donors (Lipinski definition) is 2. The van der Waals surface area contributed by atoms with E-state index in [1.54, 1.807) is 0 Å². The van der Waals surface area contributed by atoms with Crippen molar-refractivity contribution in [1.82, 2.24) is 4.90 Å². The number of rotatable bonds is 3. The molecule has 0 bridgehead atoms. The molecule has 0 amide bonds. The Labute approximate surface area is 71.8 Å². The highest BCUT2D eigenvalue weighted by molar-refractivity contribution is 5.76. The maximum absolute atomic E-state index is 10.5. The van der Waals surface area contributed by atoms with Crippen LogP contribution in [0.3, 0.4) is 0 Å². The summed E-state index contributed by atoms with van der Waals surface area (Å²) >= 11 is 0. The quantitative estimate of drug-likeness (QED) is 0.626. The van der Waals surface area contributed by atoms with E-state index in [-0.39, 0.29) is 6.54 Å². The van der Waals surface area contributed by atoms with Crippen LogP contribution in [0.4, 0.5) is 0 Å². The van der Waals surface area contributed by atoms with Gasteiger partial charge in [0.05, 0.1) is 0 Å². The second-order valence-corrected chi connectivity index (χ2v) is 3.56. The summed E-state index contributed by atoms with van der Waals surface area (Å²) in [7, 11) is 0. The molecule has 0 radical (unpaired) electrons. The highest BCUT2D eigenvalue weighted by atomic mass is 16.4. The molecule has 1 heterocycles. The fraction of sp³-hybridized carbons (Fsp3) is 0.875. The molecule has 70 valence electrons. The summed E-state index contributed by atoms with van der Waals surface area (Å²) in [4.78, 5) is 12.5. The largest absolute Gasteiger partial charge is 0.479 e. The SMILES string of the molecule is CC(O)(CN1CCCC1)C(=O)O. The molecule has 12 heavy (non-hydrogen) atoms. The summed E-state index contributed by atoms with van der Waals surface area (Å²) in [5.41, 5.74) is -1.59. The van der Waals surface area contributed by atoms with Gasteiger partial charge in [-0.2, -0.15) is 0 Å². The van der Waals surface area contributed by atoms with E-state index >= 15 is 0 Å². The zero-order chi connectivity index (χ0) is 9.19. The van der Waals surface area contributed by atoms with Gasteiger partial charge in [-0.25, -0.2) is 4.79 Å². The van der Waals surface area contributed by atoms with E-state index in [1.165, 1.54) is 6.92 Å². The van der Waals surface area contributed by atoms with Crippen molar-refractivity contribution in [2.45, 2.75) is 25.4 Å². The molecule has 1 atom stereocenters. The first-order valence-electron chi connectivity index (χ1n) is 4.20. The molecule has 0 aliphatic carbocycles. The number of aliphatic carboxylic acids is 1. The molecule has 1 saturated heterocycles. The van der Waals surface area contributed by atoms with Crippen molar-refractivity contribution in [3.63, 3.8) is 0 Å². The van der Waals surface area contributed by atoms with E-state index < -0.39 is 11.6 Å². The number of hydrogen-bond acceptors (Lipinski definition) is 3. The smallest absolute Gasteiger partial charge is 0.336 e.